The van der Waals surface area contributed by atoms with Crippen LogP contribution in [0, 0.1) is 11.8 Å². The lowest BCUT2D eigenvalue weighted by atomic mass is 9.97. The maximum atomic E-state index is 12.7. The Morgan fingerprint density at radius 3 is 2.65 bits per heavy atom. The molecule has 150 valence electrons. The van der Waals surface area contributed by atoms with Gasteiger partial charge in [-0.25, -0.2) is 0 Å². The van der Waals surface area contributed by atoms with Crippen LogP contribution in [0.25, 0.3) is 0 Å². The third-order valence-corrected chi connectivity index (χ3v) is 4.90. The normalized spacial score (nSPS) is 23.1. The van der Waals surface area contributed by atoms with E-state index in [-0.39, 0.29) is 29.8 Å². The first kappa shape index (κ1) is 22.6. The number of esters is 1. The molecule has 0 aliphatic carbocycles. The molecule has 6 heteroatoms. The molecule has 1 heterocycles. The number of hydrogen-bond acceptors (Lipinski definition) is 5. The minimum atomic E-state index is -0.898. The molecule has 1 aliphatic heterocycles. The number of hydrogen-bond donors (Lipinski definition) is 2. The largest absolute Gasteiger partial charge is 0.465 e. The number of nitrogens with zero attached hydrogens (tertiary/aromatic N) is 1. The highest BCUT2D eigenvalue weighted by Gasteiger charge is 2.40. The lowest BCUT2D eigenvalue weighted by Crippen LogP contribution is -2.48. The molecule has 1 aliphatic rings. The number of aliphatic hydroxyl groups excluding tert-OH is 1. The highest BCUT2D eigenvalue weighted by atomic mass is 16.5. The van der Waals surface area contributed by atoms with Crippen LogP contribution in [-0.2, 0) is 14.3 Å². The van der Waals surface area contributed by atoms with Gasteiger partial charge in [0.2, 0.25) is 5.91 Å². The second-order valence-electron chi connectivity index (χ2n) is 7.13. The Bertz CT molecular complexity index is 467. The molecular weight excluding hydrogens is 332 g/mol. The Hall–Kier alpha value is -1.40. The number of carbonyl (C=O) groups excluding carboxylic acids is 2. The second kappa shape index (κ2) is 12.1. The zero-order chi connectivity index (χ0) is 19.5. The van der Waals surface area contributed by atoms with E-state index in [4.69, 9.17) is 4.74 Å². The predicted octanol–water partition coefficient (Wildman–Crippen LogP) is 2.47. The van der Waals surface area contributed by atoms with Crippen molar-refractivity contribution in [2.45, 2.75) is 72.1 Å². The molecule has 1 fully saturated rings. The fourth-order valence-corrected chi connectivity index (χ4v) is 3.61. The number of carbonyl (C=O) groups is 2. The Labute approximate surface area is 158 Å². The molecular formula is C20H36N2O4. The van der Waals surface area contributed by atoms with E-state index in [1.165, 1.54) is 6.92 Å². The molecule has 4 unspecified atom stereocenters. The summed E-state index contributed by atoms with van der Waals surface area (Å²) >= 11 is 0. The number of ether oxygens (including phenoxy) is 1. The molecule has 1 amide bonds. The molecule has 4 atom stereocenters. The van der Waals surface area contributed by atoms with Crippen molar-refractivity contribution in [2.75, 3.05) is 19.7 Å². The van der Waals surface area contributed by atoms with Gasteiger partial charge in [-0.2, -0.15) is 0 Å². The average molecular weight is 369 g/mol. The van der Waals surface area contributed by atoms with Crippen molar-refractivity contribution in [1.82, 2.24) is 10.2 Å². The van der Waals surface area contributed by atoms with Crippen molar-refractivity contribution in [1.29, 1.82) is 0 Å². The first-order valence-electron chi connectivity index (χ1n) is 9.93. The number of aliphatic hydroxyl groups is 1. The summed E-state index contributed by atoms with van der Waals surface area (Å²) in [4.78, 5) is 26.1. The maximum absolute atomic E-state index is 12.7. The minimum Gasteiger partial charge on any atom is -0.465 e. The number of amides is 1. The van der Waals surface area contributed by atoms with Crippen molar-refractivity contribution >= 4 is 11.9 Å². The van der Waals surface area contributed by atoms with Gasteiger partial charge in [0.1, 0.15) is 12.3 Å². The van der Waals surface area contributed by atoms with Crippen LogP contribution in [0.15, 0.2) is 12.2 Å². The number of rotatable bonds is 11. The van der Waals surface area contributed by atoms with Crippen LogP contribution in [0.2, 0.25) is 0 Å². The Kier molecular flexibility index (Phi) is 10.5. The summed E-state index contributed by atoms with van der Waals surface area (Å²) in [7, 11) is 0. The zero-order valence-corrected chi connectivity index (χ0v) is 16.7. The number of allylic oxidation sites excluding steroid dienone is 1. The molecule has 0 saturated carbocycles. The zero-order valence-electron chi connectivity index (χ0n) is 16.7. The quantitative estimate of drug-likeness (QED) is 0.253. The first-order valence-corrected chi connectivity index (χ1v) is 9.93. The van der Waals surface area contributed by atoms with Gasteiger partial charge in [-0.1, -0.05) is 38.8 Å². The summed E-state index contributed by atoms with van der Waals surface area (Å²) in [5, 5.41) is 12.9. The lowest BCUT2D eigenvalue weighted by Gasteiger charge is -2.31. The fraction of sp³-hybridized carbons (Fsp3) is 0.800. The van der Waals surface area contributed by atoms with E-state index >= 15 is 0 Å². The molecule has 1 saturated heterocycles. The highest BCUT2D eigenvalue weighted by molar-refractivity contribution is 5.77. The summed E-state index contributed by atoms with van der Waals surface area (Å²) in [6, 6.07) is -0.313. The van der Waals surface area contributed by atoms with E-state index in [9.17, 15) is 14.7 Å². The molecule has 0 aromatic rings. The van der Waals surface area contributed by atoms with Crippen molar-refractivity contribution in [2.24, 2.45) is 11.8 Å². The van der Waals surface area contributed by atoms with Gasteiger partial charge in [0.15, 0.2) is 0 Å². The van der Waals surface area contributed by atoms with E-state index in [2.05, 4.69) is 30.1 Å². The van der Waals surface area contributed by atoms with Crippen molar-refractivity contribution in [3.05, 3.63) is 12.2 Å². The average Bonchev–Trinajstić information content (AvgIpc) is 2.97. The fourth-order valence-electron chi connectivity index (χ4n) is 3.61. The summed E-state index contributed by atoms with van der Waals surface area (Å²) in [6.45, 7) is 9.29. The summed E-state index contributed by atoms with van der Waals surface area (Å²) in [5.74, 6) is -0.404. The van der Waals surface area contributed by atoms with Gasteiger partial charge in [-0.05, 0) is 32.7 Å². The van der Waals surface area contributed by atoms with Gasteiger partial charge in [-0.15, -0.1) is 0 Å². The molecule has 0 radical (unpaired) electrons. The number of likely N-dealkylation sites (tertiary alicyclic amines) is 1. The Morgan fingerprint density at radius 2 is 2.08 bits per heavy atom. The van der Waals surface area contributed by atoms with Gasteiger partial charge in [0.05, 0.1) is 6.61 Å². The third-order valence-electron chi connectivity index (χ3n) is 4.90. The number of nitrogens with one attached hydrogen (secondary N) is 1. The van der Waals surface area contributed by atoms with Crippen LogP contribution in [0.3, 0.4) is 0 Å². The van der Waals surface area contributed by atoms with Crippen LogP contribution < -0.4 is 5.32 Å². The minimum absolute atomic E-state index is 0.112. The van der Waals surface area contributed by atoms with Crippen LogP contribution >= 0.6 is 0 Å². The summed E-state index contributed by atoms with van der Waals surface area (Å²) in [5.41, 5.74) is 0. The van der Waals surface area contributed by atoms with Crippen molar-refractivity contribution in [3.8, 4) is 0 Å². The molecule has 1 rings (SSSR count). The standard InChI is InChI=1S/C20H36N2O4/c1-5-8-13-26-20(25)18-16(9-6-2)11-12-22(18)14-17(10-7-3)19(24)21-15(4)23/h6,9,16-19,24H,5,7-8,10-14H2,1-4H3,(H,21,23)/b9-6-. The van der Waals surface area contributed by atoms with Gasteiger partial charge in [0, 0.05) is 25.3 Å². The molecule has 26 heavy (non-hydrogen) atoms. The molecule has 0 bridgehead atoms. The SMILES string of the molecule is C/C=C\C1CCN(CC(CCC)C(O)NC(C)=O)C1C(=O)OCCCC. The molecule has 0 aromatic carbocycles. The molecule has 0 spiro atoms. The van der Waals surface area contributed by atoms with E-state index < -0.39 is 6.23 Å². The van der Waals surface area contributed by atoms with Gasteiger partial charge in [-0.3, -0.25) is 14.5 Å². The highest BCUT2D eigenvalue weighted by Crippen LogP contribution is 2.29. The van der Waals surface area contributed by atoms with Crippen LogP contribution in [0.4, 0.5) is 0 Å². The van der Waals surface area contributed by atoms with Crippen molar-refractivity contribution in [3.63, 3.8) is 0 Å². The predicted molar refractivity (Wildman–Crippen MR) is 102 cm³/mol. The maximum Gasteiger partial charge on any atom is 0.323 e. The smallest absolute Gasteiger partial charge is 0.323 e. The topological polar surface area (TPSA) is 78.9 Å². The van der Waals surface area contributed by atoms with Crippen LogP contribution in [0.5, 0.6) is 0 Å². The van der Waals surface area contributed by atoms with Gasteiger partial charge in [0.25, 0.3) is 0 Å². The van der Waals surface area contributed by atoms with E-state index in [0.717, 1.165) is 38.6 Å². The second-order valence-corrected chi connectivity index (χ2v) is 7.13. The van der Waals surface area contributed by atoms with E-state index in [1.54, 1.807) is 0 Å². The summed E-state index contributed by atoms with van der Waals surface area (Å²) in [6.07, 6.45) is 7.59. The Balaban J connectivity index is 2.84. The third kappa shape index (κ3) is 7.08. The number of unbranched alkanes of at least 4 members (excludes halogenated alkanes) is 1. The molecule has 6 nitrogen and oxygen atoms in total. The first-order chi connectivity index (χ1) is 12.4. The van der Waals surface area contributed by atoms with Gasteiger partial charge >= 0.3 is 5.97 Å². The lowest BCUT2D eigenvalue weighted by molar-refractivity contribution is -0.150. The van der Waals surface area contributed by atoms with E-state index in [1.807, 2.05) is 13.0 Å². The van der Waals surface area contributed by atoms with Crippen LogP contribution in [0.1, 0.15) is 59.8 Å². The van der Waals surface area contributed by atoms with Gasteiger partial charge < -0.3 is 15.2 Å². The van der Waals surface area contributed by atoms with E-state index in [0.29, 0.717) is 13.2 Å². The Morgan fingerprint density at radius 1 is 1.35 bits per heavy atom. The summed E-state index contributed by atoms with van der Waals surface area (Å²) < 4.78 is 5.49. The molecule has 0 aromatic heterocycles. The van der Waals surface area contributed by atoms with Crippen molar-refractivity contribution < 1.29 is 19.4 Å². The monoisotopic (exact) mass is 368 g/mol. The molecule has 2 N–H and O–H groups in total. The van der Waals surface area contributed by atoms with Crippen LogP contribution in [-0.4, -0.2) is 53.8 Å².